The quantitative estimate of drug-likeness (QED) is 0.795. The lowest BCUT2D eigenvalue weighted by Crippen LogP contribution is -2.20. The SMILES string of the molecule is CCn1c(C(C)NC=O)nc2ccccc21. The lowest BCUT2D eigenvalue weighted by atomic mass is 10.3. The van der Waals surface area contributed by atoms with E-state index in [1.807, 2.05) is 31.2 Å². The van der Waals surface area contributed by atoms with Gasteiger partial charge in [0, 0.05) is 6.54 Å². The van der Waals surface area contributed by atoms with Crippen LogP contribution in [0.5, 0.6) is 0 Å². The Kier molecular flexibility index (Phi) is 2.90. The van der Waals surface area contributed by atoms with E-state index in [9.17, 15) is 4.79 Å². The number of imidazole rings is 1. The summed E-state index contributed by atoms with van der Waals surface area (Å²) in [4.78, 5) is 15.0. The van der Waals surface area contributed by atoms with E-state index in [0.29, 0.717) is 6.41 Å². The molecule has 1 aromatic heterocycles. The number of hydrogen-bond donors (Lipinski definition) is 1. The van der Waals surface area contributed by atoms with Gasteiger partial charge in [0.2, 0.25) is 6.41 Å². The summed E-state index contributed by atoms with van der Waals surface area (Å²) in [6.45, 7) is 4.85. The maximum absolute atomic E-state index is 10.5. The second kappa shape index (κ2) is 4.35. The Hall–Kier alpha value is -1.84. The molecule has 84 valence electrons. The number of amides is 1. The molecule has 2 rings (SSSR count). The monoisotopic (exact) mass is 217 g/mol. The summed E-state index contributed by atoms with van der Waals surface area (Å²) >= 11 is 0. The van der Waals surface area contributed by atoms with E-state index in [2.05, 4.69) is 21.8 Å². The van der Waals surface area contributed by atoms with Gasteiger partial charge in [-0.15, -0.1) is 0 Å². The molecule has 0 fully saturated rings. The van der Waals surface area contributed by atoms with Crippen molar-refractivity contribution in [1.82, 2.24) is 14.9 Å². The first kappa shape index (κ1) is 10.7. The largest absolute Gasteiger partial charge is 0.349 e. The van der Waals surface area contributed by atoms with Gasteiger partial charge in [-0.3, -0.25) is 4.79 Å². The first-order valence-corrected chi connectivity index (χ1v) is 5.42. The highest BCUT2D eigenvalue weighted by Gasteiger charge is 2.14. The predicted molar refractivity (Wildman–Crippen MR) is 63.0 cm³/mol. The fourth-order valence-electron chi connectivity index (χ4n) is 1.93. The zero-order valence-electron chi connectivity index (χ0n) is 9.47. The van der Waals surface area contributed by atoms with Crippen molar-refractivity contribution in [3.05, 3.63) is 30.1 Å². The fraction of sp³-hybridized carbons (Fsp3) is 0.333. The molecule has 2 aromatic rings. The van der Waals surface area contributed by atoms with Crippen LogP contribution >= 0.6 is 0 Å². The van der Waals surface area contributed by atoms with Crippen LogP contribution in [0.15, 0.2) is 24.3 Å². The summed E-state index contributed by atoms with van der Waals surface area (Å²) in [6.07, 6.45) is 0.712. The van der Waals surface area contributed by atoms with E-state index >= 15 is 0 Å². The number of hydrogen-bond acceptors (Lipinski definition) is 2. The van der Waals surface area contributed by atoms with Crippen LogP contribution in [0.25, 0.3) is 11.0 Å². The lowest BCUT2D eigenvalue weighted by Gasteiger charge is -2.11. The van der Waals surface area contributed by atoms with Crippen molar-refractivity contribution in [1.29, 1.82) is 0 Å². The normalized spacial score (nSPS) is 12.6. The summed E-state index contributed by atoms with van der Waals surface area (Å²) in [6, 6.07) is 7.93. The van der Waals surface area contributed by atoms with Crippen molar-refractivity contribution in [2.75, 3.05) is 0 Å². The summed E-state index contributed by atoms with van der Waals surface area (Å²) in [7, 11) is 0. The predicted octanol–water partition coefficient (Wildman–Crippen LogP) is 1.86. The molecule has 1 N–H and O–H groups in total. The molecule has 1 atom stereocenters. The van der Waals surface area contributed by atoms with Gasteiger partial charge in [-0.2, -0.15) is 0 Å². The number of aromatic nitrogens is 2. The second-order valence-electron chi connectivity index (χ2n) is 3.71. The van der Waals surface area contributed by atoms with Crippen LogP contribution in [0.2, 0.25) is 0 Å². The first-order valence-electron chi connectivity index (χ1n) is 5.42. The number of carbonyl (C=O) groups is 1. The van der Waals surface area contributed by atoms with Gasteiger partial charge in [0.1, 0.15) is 5.82 Å². The average molecular weight is 217 g/mol. The van der Waals surface area contributed by atoms with Crippen LogP contribution in [0.3, 0.4) is 0 Å². The van der Waals surface area contributed by atoms with Gasteiger partial charge in [-0.25, -0.2) is 4.98 Å². The van der Waals surface area contributed by atoms with Crippen molar-refractivity contribution in [3.8, 4) is 0 Å². The number of fused-ring (bicyclic) bond motifs is 1. The molecule has 0 saturated heterocycles. The molecule has 4 heteroatoms. The molecule has 1 heterocycles. The Morgan fingerprint density at radius 1 is 1.50 bits per heavy atom. The van der Waals surface area contributed by atoms with E-state index in [4.69, 9.17) is 0 Å². The number of benzene rings is 1. The zero-order chi connectivity index (χ0) is 11.5. The van der Waals surface area contributed by atoms with E-state index in [0.717, 1.165) is 23.4 Å². The van der Waals surface area contributed by atoms with Gasteiger partial charge in [0.05, 0.1) is 17.1 Å². The molecule has 1 unspecified atom stereocenters. The number of carbonyl (C=O) groups excluding carboxylic acids is 1. The van der Waals surface area contributed by atoms with E-state index in [1.54, 1.807) is 0 Å². The first-order chi connectivity index (χ1) is 7.77. The minimum atomic E-state index is -0.0650. The maximum atomic E-state index is 10.5. The Balaban J connectivity index is 2.55. The Morgan fingerprint density at radius 3 is 2.94 bits per heavy atom. The molecule has 0 aliphatic carbocycles. The molecular formula is C12H15N3O. The second-order valence-corrected chi connectivity index (χ2v) is 3.71. The van der Waals surface area contributed by atoms with E-state index in [-0.39, 0.29) is 6.04 Å². The zero-order valence-corrected chi connectivity index (χ0v) is 9.47. The number of para-hydroxylation sites is 2. The number of nitrogens with one attached hydrogen (secondary N) is 1. The van der Waals surface area contributed by atoms with Gasteiger partial charge in [0.25, 0.3) is 0 Å². The van der Waals surface area contributed by atoms with Crippen molar-refractivity contribution in [3.63, 3.8) is 0 Å². The van der Waals surface area contributed by atoms with Crippen molar-refractivity contribution in [2.24, 2.45) is 0 Å². The molecule has 1 aromatic carbocycles. The van der Waals surface area contributed by atoms with Crippen LogP contribution in [0.4, 0.5) is 0 Å². The topological polar surface area (TPSA) is 46.9 Å². The van der Waals surface area contributed by atoms with Gasteiger partial charge in [-0.05, 0) is 26.0 Å². The third-order valence-electron chi connectivity index (χ3n) is 2.71. The number of rotatable bonds is 4. The van der Waals surface area contributed by atoms with Crippen LogP contribution in [0, 0.1) is 0 Å². The minimum absolute atomic E-state index is 0.0650. The third-order valence-corrected chi connectivity index (χ3v) is 2.71. The molecule has 16 heavy (non-hydrogen) atoms. The fourth-order valence-corrected chi connectivity index (χ4v) is 1.93. The van der Waals surface area contributed by atoms with Crippen LogP contribution in [-0.4, -0.2) is 16.0 Å². The van der Waals surface area contributed by atoms with Gasteiger partial charge in [-0.1, -0.05) is 12.1 Å². The molecule has 1 amide bonds. The molecular weight excluding hydrogens is 202 g/mol. The van der Waals surface area contributed by atoms with Crippen molar-refractivity contribution in [2.45, 2.75) is 26.4 Å². The summed E-state index contributed by atoms with van der Waals surface area (Å²) < 4.78 is 2.12. The van der Waals surface area contributed by atoms with E-state index in [1.165, 1.54) is 0 Å². The third kappa shape index (κ3) is 1.66. The molecule has 0 saturated carbocycles. The van der Waals surface area contributed by atoms with Crippen molar-refractivity contribution >= 4 is 17.4 Å². The Bertz CT molecular complexity index is 504. The highest BCUT2D eigenvalue weighted by molar-refractivity contribution is 5.76. The molecule has 0 aliphatic heterocycles. The average Bonchev–Trinajstić information content (AvgIpc) is 2.67. The Morgan fingerprint density at radius 2 is 2.25 bits per heavy atom. The van der Waals surface area contributed by atoms with Crippen LogP contribution in [0.1, 0.15) is 25.7 Å². The smallest absolute Gasteiger partial charge is 0.207 e. The molecule has 0 radical (unpaired) electrons. The number of aryl methyl sites for hydroxylation is 1. The molecule has 0 spiro atoms. The summed E-state index contributed by atoms with van der Waals surface area (Å²) in [5.74, 6) is 0.899. The minimum Gasteiger partial charge on any atom is -0.349 e. The van der Waals surface area contributed by atoms with Gasteiger partial charge < -0.3 is 9.88 Å². The maximum Gasteiger partial charge on any atom is 0.207 e. The highest BCUT2D eigenvalue weighted by Crippen LogP contribution is 2.20. The van der Waals surface area contributed by atoms with Crippen LogP contribution in [-0.2, 0) is 11.3 Å². The van der Waals surface area contributed by atoms with E-state index < -0.39 is 0 Å². The molecule has 0 aliphatic rings. The number of nitrogens with zero attached hydrogens (tertiary/aromatic N) is 2. The Labute approximate surface area is 94.3 Å². The molecule has 4 nitrogen and oxygen atoms in total. The lowest BCUT2D eigenvalue weighted by molar-refractivity contribution is -0.110. The van der Waals surface area contributed by atoms with Crippen molar-refractivity contribution < 1.29 is 4.79 Å². The molecule has 0 bridgehead atoms. The van der Waals surface area contributed by atoms with Gasteiger partial charge in [0.15, 0.2) is 0 Å². The summed E-state index contributed by atoms with van der Waals surface area (Å²) in [5.41, 5.74) is 2.08. The van der Waals surface area contributed by atoms with Crippen LogP contribution < -0.4 is 5.32 Å². The van der Waals surface area contributed by atoms with Gasteiger partial charge >= 0.3 is 0 Å². The standard InChI is InChI=1S/C12H15N3O/c1-3-15-11-7-5-4-6-10(11)14-12(15)9(2)13-8-16/h4-9H,3H2,1-2H3,(H,13,16). The highest BCUT2D eigenvalue weighted by atomic mass is 16.1. The summed E-state index contributed by atoms with van der Waals surface area (Å²) in [5, 5.41) is 2.73.